The minimum absolute atomic E-state index is 0.0256. The van der Waals surface area contributed by atoms with E-state index in [0.29, 0.717) is 17.6 Å². The van der Waals surface area contributed by atoms with Crippen molar-refractivity contribution in [2.45, 2.75) is 56.7 Å². The molecule has 4 saturated carbocycles. The summed E-state index contributed by atoms with van der Waals surface area (Å²) in [7, 11) is 0. The number of hydrogen-bond acceptors (Lipinski definition) is 5. The second-order valence-corrected chi connectivity index (χ2v) is 10.2. The van der Waals surface area contributed by atoms with E-state index in [2.05, 4.69) is 6.92 Å². The van der Waals surface area contributed by atoms with Crippen LogP contribution in [0, 0.1) is 23.7 Å². The van der Waals surface area contributed by atoms with Gasteiger partial charge in [0.25, 0.3) is 0 Å². The van der Waals surface area contributed by atoms with E-state index < -0.39 is 24.0 Å². The predicted octanol–water partition coefficient (Wildman–Crippen LogP) is 4.56. The van der Waals surface area contributed by atoms with Gasteiger partial charge in [-0.1, -0.05) is 30.3 Å². The number of aliphatic carboxylic acids is 1. The fourth-order valence-corrected chi connectivity index (χ4v) is 6.46. The van der Waals surface area contributed by atoms with E-state index in [4.69, 9.17) is 9.47 Å². The number of benzene rings is 2. The van der Waals surface area contributed by atoms with Gasteiger partial charge < -0.3 is 19.4 Å². The van der Waals surface area contributed by atoms with Gasteiger partial charge in [0.1, 0.15) is 17.3 Å². The number of halogens is 2. The Morgan fingerprint density at radius 2 is 1.50 bits per heavy atom. The van der Waals surface area contributed by atoms with Crippen LogP contribution in [0.4, 0.5) is 8.78 Å². The van der Waals surface area contributed by atoms with E-state index in [9.17, 15) is 23.5 Å². The van der Waals surface area contributed by atoms with Crippen molar-refractivity contribution < 1.29 is 33.0 Å². The summed E-state index contributed by atoms with van der Waals surface area (Å²) < 4.78 is 40.1. The molecule has 0 heterocycles. The molecule has 1 unspecified atom stereocenters. The Morgan fingerprint density at radius 1 is 0.941 bits per heavy atom. The minimum atomic E-state index is -4.39. The molecule has 180 valence electrons. The first-order valence-electron chi connectivity index (χ1n) is 11.8. The van der Waals surface area contributed by atoms with Gasteiger partial charge in [-0.15, -0.1) is 0 Å². The maximum Gasteiger partial charge on any atom is 0.338 e. The molecule has 6 rings (SSSR count). The Morgan fingerprint density at radius 3 is 2.03 bits per heavy atom. The number of ether oxygens (including phenoxy) is 2. The van der Waals surface area contributed by atoms with Crippen molar-refractivity contribution in [2.24, 2.45) is 23.7 Å². The summed E-state index contributed by atoms with van der Waals surface area (Å²) in [6, 6.07) is 13.2. The summed E-state index contributed by atoms with van der Waals surface area (Å²) in [5.41, 5.74) is -0.359. The normalized spacial score (nSPS) is 30.6. The molecule has 4 fully saturated rings. The molecular weight excluding hydrogens is 442 g/mol. The zero-order chi connectivity index (χ0) is 24.1. The van der Waals surface area contributed by atoms with Crippen LogP contribution in [0.5, 0.6) is 5.75 Å². The molecule has 1 atom stereocenters. The highest BCUT2D eigenvalue weighted by atomic mass is 19.3. The van der Waals surface area contributed by atoms with Gasteiger partial charge >= 0.3 is 11.9 Å². The molecule has 5 nitrogen and oxygen atoms in total. The first kappa shape index (κ1) is 22.8. The molecule has 0 radical (unpaired) electrons. The van der Waals surface area contributed by atoms with Gasteiger partial charge in [-0.2, -0.15) is 8.78 Å². The molecule has 2 aromatic carbocycles. The third kappa shape index (κ3) is 3.95. The zero-order valence-corrected chi connectivity index (χ0v) is 18.9. The molecule has 0 saturated heterocycles. The fourth-order valence-electron chi connectivity index (χ4n) is 6.46. The number of rotatable bonds is 7. The first-order valence-corrected chi connectivity index (χ1v) is 11.8. The lowest BCUT2D eigenvalue weighted by molar-refractivity contribution is -0.336. The molecular formula is C27H27F2O5-. The van der Waals surface area contributed by atoms with Gasteiger partial charge in [-0.3, -0.25) is 0 Å². The molecule has 0 N–H and O–H groups in total. The Labute approximate surface area is 197 Å². The smallest absolute Gasteiger partial charge is 0.338 e. The molecule has 0 amide bonds. The first-order chi connectivity index (χ1) is 16.2. The SMILES string of the molecule is CC1(Oc2ccc(C(=O)OC(c3ccccc3)C(F)(F)C(=O)[O-])cc2)C2CC3CC(C2)CC1C3. The predicted molar refractivity (Wildman–Crippen MR) is 117 cm³/mol. The number of alkyl halides is 2. The van der Waals surface area contributed by atoms with E-state index in [1.807, 2.05) is 0 Å². The monoisotopic (exact) mass is 469 g/mol. The van der Waals surface area contributed by atoms with E-state index in [1.165, 1.54) is 68.5 Å². The highest BCUT2D eigenvalue weighted by molar-refractivity contribution is 5.90. The van der Waals surface area contributed by atoms with Crippen LogP contribution in [0.1, 0.15) is 61.1 Å². The lowest BCUT2D eigenvalue weighted by atomic mass is 9.50. The molecule has 0 aliphatic heterocycles. The highest BCUT2D eigenvalue weighted by Gasteiger charge is 2.56. The highest BCUT2D eigenvalue weighted by Crippen LogP contribution is 2.59. The Hall–Kier alpha value is -2.96. The van der Waals surface area contributed by atoms with Crippen LogP contribution in [-0.4, -0.2) is 23.5 Å². The van der Waals surface area contributed by atoms with Crippen molar-refractivity contribution in [3.63, 3.8) is 0 Å². The van der Waals surface area contributed by atoms with Gasteiger partial charge in [0, 0.05) is 0 Å². The lowest BCUT2D eigenvalue weighted by Crippen LogP contribution is -2.59. The van der Waals surface area contributed by atoms with Gasteiger partial charge in [0.05, 0.1) is 5.56 Å². The van der Waals surface area contributed by atoms with Crippen LogP contribution in [0.25, 0.3) is 0 Å². The van der Waals surface area contributed by atoms with E-state index in [1.54, 1.807) is 18.2 Å². The fraction of sp³-hybridized carbons (Fsp3) is 0.481. The van der Waals surface area contributed by atoms with Crippen molar-refractivity contribution in [3.8, 4) is 5.75 Å². The van der Waals surface area contributed by atoms with Gasteiger partial charge in [-0.05, 0) is 92.5 Å². The lowest BCUT2D eigenvalue weighted by Gasteiger charge is -2.59. The second kappa shape index (κ2) is 8.36. The minimum Gasteiger partial charge on any atom is -0.544 e. The van der Waals surface area contributed by atoms with Crippen LogP contribution in [0.3, 0.4) is 0 Å². The maximum atomic E-state index is 14.3. The molecule has 2 aromatic rings. The van der Waals surface area contributed by atoms with Crippen molar-refractivity contribution in [2.75, 3.05) is 0 Å². The number of esters is 1. The quantitative estimate of drug-likeness (QED) is 0.556. The molecule has 34 heavy (non-hydrogen) atoms. The Balaban J connectivity index is 1.31. The van der Waals surface area contributed by atoms with Gasteiger partial charge in [0.15, 0.2) is 6.10 Å². The topological polar surface area (TPSA) is 75.7 Å². The molecule has 7 heteroatoms. The Bertz CT molecular complexity index is 1040. The molecule has 4 bridgehead atoms. The average molecular weight is 470 g/mol. The van der Waals surface area contributed by atoms with Crippen molar-refractivity contribution in [1.29, 1.82) is 0 Å². The average Bonchev–Trinajstić information content (AvgIpc) is 2.81. The third-order valence-corrected chi connectivity index (χ3v) is 8.12. The number of carbonyl (C=O) groups is 2. The summed E-state index contributed by atoms with van der Waals surface area (Å²) in [5.74, 6) is -4.77. The van der Waals surface area contributed by atoms with Gasteiger partial charge in [-0.25, -0.2) is 4.79 Å². The summed E-state index contributed by atoms with van der Waals surface area (Å²) in [6.07, 6.45) is 3.82. The van der Waals surface area contributed by atoms with Crippen LogP contribution in [-0.2, 0) is 9.53 Å². The van der Waals surface area contributed by atoms with E-state index >= 15 is 0 Å². The summed E-state index contributed by atoms with van der Waals surface area (Å²) in [4.78, 5) is 23.7. The summed E-state index contributed by atoms with van der Waals surface area (Å²) in [6.45, 7) is 2.19. The number of carbonyl (C=O) groups excluding carboxylic acids is 2. The van der Waals surface area contributed by atoms with Crippen molar-refractivity contribution in [1.82, 2.24) is 0 Å². The largest absolute Gasteiger partial charge is 0.544 e. The Kier molecular flexibility index (Phi) is 5.61. The molecule has 0 spiro atoms. The standard InChI is InChI=1S/C27H28F2O5/c1-26(20-12-16-11-17(14-20)15-21(26)13-16)34-22-9-7-19(8-10-22)24(30)33-23(27(28,29)25(31)32)18-5-3-2-4-6-18/h2-10,16-17,20-21,23H,11-15H2,1H3,(H,31,32)/p-1. The number of carboxylic acid groups (broad SMARTS) is 1. The number of carboxylic acids is 1. The molecule has 0 aromatic heterocycles. The third-order valence-electron chi connectivity index (χ3n) is 8.12. The molecule has 4 aliphatic carbocycles. The summed E-state index contributed by atoms with van der Waals surface area (Å²) >= 11 is 0. The molecule has 4 aliphatic rings. The van der Waals surface area contributed by atoms with Crippen LogP contribution >= 0.6 is 0 Å². The second-order valence-electron chi connectivity index (χ2n) is 10.2. The van der Waals surface area contributed by atoms with Crippen molar-refractivity contribution in [3.05, 3.63) is 65.7 Å². The van der Waals surface area contributed by atoms with E-state index in [0.717, 1.165) is 11.8 Å². The zero-order valence-electron chi connectivity index (χ0n) is 18.9. The summed E-state index contributed by atoms with van der Waals surface area (Å²) in [5, 5.41) is 11.1. The maximum absolute atomic E-state index is 14.3. The van der Waals surface area contributed by atoms with Crippen LogP contribution < -0.4 is 9.84 Å². The van der Waals surface area contributed by atoms with Crippen molar-refractivity contribution >= 4 is 11.9 Å². The van der Waals surface area contributed by atoms with Crippen LogP contribution in [0.15, 0.2) is 54.6 Å². The van der Waals surface area contributed by atoms with Gasteiger partial charge in [0.2, 0.25) is 0 Å². The van der Waals surface area contributed by atoms with Crippen LogP contribution in [0.2, 0.25) is 0 Å². The van der Waals surface area contributed by atoms with E-state index in [-0.39, 0.29) is 16.7 Å². The number of hydrogen-bond donors (Lipinski definition) is 0.